The fourth-order valence-corrected chi connectivity index (χ4v) is 3.67. The van der Waals surface area contributed by atoms with Gasteiger partial charge >= 0.3 is 0 Å². The van der Waals surface area contributed by atoms with Crippen LogP contribution in [0.1, 0.15) is 5.56 Å². The molecule has 158 valence electrons. The molecule has 9 nitrogen and oxygen atoms in total. The van der Waals surface area contributed by atoms with Gasteiger partial charge in [0.25, 0.3) is 0 Å². The molecule has 1 amide bonds. The van der Waals surface area contributed by atoms with Gasteiger partial charge in [-0.3, -0.25) is 9.78 Å². The Morgan fingerprint density at radius 2 is 1.74 bits per heavy atom. The Labute approximate surface area is 179 Å². The van der Waals surface area contributed by atoms with Crippen molar-refractivity contribution < 1.29 is 14.3 Å². The fraction of sp³-hybridized carbons (Fsp3) is 0.273. The molecule has 0 saturated carbocycles. The Morgan fingerprint density at radius 1 is 0.935 bits per heavy atom. The molecule has 0 unspecified atom stereocenters. The van der Waals surface area contributed by atoms with Crippen molar-refractivity contribution in [3.05, 3.63) is 60.4 Å². The van der Waals surface area contributed by atoms with Crippen molar-refractivity contribution in [3.8, 4) is 11.5 Å². The van der Waals surface area contributed by atoms with E-state index in [1.807, 2.05) is 47.4 Å². The third-order valence-electron chi connectivity index (χ3n) is 5.35. The zero-order valence-electron chi connectivity index (χ0n) is 16.9. The van der Waals surface area contributed by atoms with Gasteiger partial charge in [-0.1, -0.05) is 6.07 Å². The minimum Gasteiger partial charge on any atom is -0.454 e. The molecular weight excluding hydrogens is 396 g/mol. The summed E-state index contributed by atoms with van der Waals surface area (Å²) in [6.07, 6.45) is 3.79. The number of rotatable bonds is 5. The van der Waals surface area contributed by atoms with Crippen LogP contribution in [0.3, 0.4) is 0 Å². The van der Waals surface area contributed by atoms with Gasteiger partial charge in [-0.25, -0.2) is 0 Å². The Kier molecular flexibility index (Phi) is 5.22. The van der Waals surface area contributed by atoms with Gasteiger partial charge in [-0.2, -0.15) is 0 Å². The number of anilines is 3. The van der Waals surface area contributed by atoms with Gasteiger partial charge in [0.1, 0.15) is 0 Å². The highest BCUT2D eigenvalue weighted by Crippen LogP contribution is 2.32. The lowest BCUT2D eigenvalue weighted by atomic mass is 10.1. The number of piperazine rings is 1. The summed E-state index contributed by atoms with van der Waals surface area (Å²) in [5.41, 5.74) is 1.84. The Morgan fingerprint density at radius 3 is 2.52 bits per heavy atom. The van der Waals surface area contributed by atoms with E-state index in [-0.39, 0.29) is 12.7 Å². The number of pyridine rings is 1. The quantitative estimate of drug-likeness (QED) is 0.674. The number of nitrogens with one attached hydrogen (secondary N) is 1. The van der Waals surface area contributed by atoms with Gasteiger partial charge in [0.05, 0.1) is 6.42 Å². The topological polar surface area (TPSA) is 92.7 Å². The first-order chi connectivity index (χ1) is 15.2. The number of amides is 1. The van der Waals surface area contributed by atoms with Crippen molar-refractivity contribution in [1.29, 1.82) is 0 Å². The summed E-state index contributed by atoms with van der Waals surface area (Å²) in [6, 6.07) is 13.2. The molecule has 31 heavy (non-hydrogen) atoms. The number of ether oxygens (including phenoxy) is 2. The van der Waals surface area contributed by atoms with E-state index in [1.54, 1.807) is 12.4 Å². The predicted molar refractivity (Wildman–Crippen MR) is 115 cm³/mol. The van der Waals surface area contributed by atoms with E-state index in [4.69, 9.17) is 9.47 Å². The molecule has 2 aliphatic heterocycles. The van der Waals surface area contributed by atoms with E-state index in [0.717, 1.165) is 35.9 Å². The SMILES string of the molecule is O=C(Cc1ccc2c(c1)OCO2)N1CCN(c2ccc(Nc3ccncc3)nn2)CC1. The second-order valence-electron chi connectivity index (χ2n) is 7.37. The minimum absolute atomic E-state index is 0.112. The fourth-order valence-electron chi connectivity index (χ4n) is 3.67. The molecule has 0 aliphatic carbocycles. The van der Waals surface area contributed by atoms with E-state index in [0.29, 0.717) is 31.1 Å². The summed E-state index contributed by atoms with van der Waals surface area (Å²) in [7, 11) is 0. The van der Waals surface area contributed by atoms with Crippen LogP contribution in [-0.4, -0.2) is 59.0 Å². The lowest BCUT2D eigenvalue weighted by Gasteiger charge is -2.35. The van der Waals surface area contributed by atoms with E-state index in [2.05, 4.69) is 25.4 Å². The lowest BCUT2D eigenvalue weighted by Crippen LogP contribution is -2.49. The molecule has 0 radical (unpaired) electrons. The zero-order valence-corrected chi connectivity index (χ0v) is 16.9. The molecule has 1 N–H and O–H groups in total. The normalized spacial score (nSPS) is 15.1. The third kappa shape index (κ3) is 4.35. The highest BCUT2D eigenvalue weighted by molar-refractivity contribution is 5.79. The van der Waals surface area contributed by atoms with Crippen molar-refractivity contribution in [3.63, 3.8) is 0 Å². The summed E-state index contributed by atoms with van der Waals surface area (Å²) >= 11 is 0. The molecule has 2 aliphatic rings. The molecule has 5 rings (SSSR count). The summed E-state index contributed by atoms with van der Waals surface area (Å²) in [5, 5.41) is 11.8. The average Bonchev–Trinajstić information content (AvgIpc) is 3.28. The Bertz CT molecular complexity index is 1050. The molecular formula is C22H22N6O3. The van der Waals surface area contributed by atoms with E-state index < -0.39 is 0 Å². The van der Waals surface area contributed by atoms with Crippen LogP contribution in [0.15, 0.2) is 54.9 Å². The van der Waals surface area contributed by atoms with Crippen LogP contribution in [0, 0.1) is 0 Å². The van der Waals surface area contributed by atoms with Gasteiger partial charge in [-0.05, 0) is 42.0 Å². The molecule has 0 spiro atoms. The largest absolute Gasteiger partial charge is 0.454 e. The van der Waals surface area contributed by atoms with E-state index >= 15 is 0 Å². The first-order valence-electron chi connectivity index (χ1n) is 10.2. The number of hydrogen-bond donors (Lipinski definition) is 1. The highest BCUT2D eigenvalue weighted by atomic mass is 16.7. The van der Waals surface area contributed by atoms with Crippen LogP contribution < -0.4 is 19.7 Å². The van der Waals surface area contributed by atoms with Crippen LogP contribution in [0.4, 0.5) is 17.3 Å². The maximum absolute atomic E-state index is 12.7. The predicted octanol–water partition coefficient (Wildman–Crippen LogP) is 2.24. The number of hydrogen-bond acceptors (Lipinski definition) is 8. The minimum atomic E-state index is 0.112. The molecule has 1 saturated heterocycles. The Balaban J connectivity index is 1.14. The molecule has 2 aromatic heterocycles. The summed E-state index contributed by atoms with van der Waals surface area (Å²) in [4.78, 5) is 20.8. The highest BCUT2D eigenvalue weighted by Gasteiger charge is 2.23. The van der Waals surface area contributed by atoms with Crippen molar-refractivity contribution in [1.82, 2.24) is 20.1 Å². The molecule has 0 atom stereocenters. The molecule has 3 aromatic rings. The second kappa shape index (κ2) is 8.47. The third-order valence-corrected chi connectivity index (χ3v) is 5.35. The summed E-state index contributed by atoms with van der Waals surface area (Å²) in [5.74, 6) is 3.03. The maximum Gasteiger partial charge on any atom is 0.231 e. The maximum atomic E-state index is 12.7. The lowest BCUT2D eigenvalue weighted by molar-refractivity contribution is -0.130. The van der Waals surface area contributed by atoms with E-state index in [9.17, 15) is 4.79 Å². The number of benzene rings is 1. The first kappa shape index (κ1) is 19.1. The number of nitrogens with zero attached hydrogens (tertiary/aromatic N) is 5. The molecule has 4 heterocycles. The van der Waals surface area contributed by atoms with Gasteiger partial charge in [-0.15, -0.1) is 10.2 Å². The molecule has 0 bridgehead atoms. The van der Waals surface area contributed by atoms with Crippen LogP contribution in [-0.2, 0) is 11.2 Å². The summed E-state index contributed by atoms with van der Waals surface area (Å²) < 4.78 is 10.7. The monoisotopic (exact) mass is 418 g/mol. The van der Waals surface area contributed by atoms with Crippen LogP contribution >= 0.6 is 0 Å². The van der Waals surface area contributed by atoms with Gasteiger partial charge < -0.3 is 24.6 Å². The van der Waals surface area contributed by atoms with Crippen molar-refractivity contribution in [2.45, 2.75) is 6.42 Å². The van der Waals surface area contributed by atoms with Crippen molar-refractivity contribution >= 4 is 23.2 Å². The molecule has 1 fully saturated rings. The Hall–Kier alpha value is -3.88. The van der Waals surface area contributed by atoms with Gasteiger partial charge in [0.15, 0.2) is 23.1 Å². The number of carbonyl (C=O) groups excluding carboxylic acids is 1. The van der Waals surface area contributed by atoms with Gasteiger partial charge in [0, 0.05) is 44.3 Å². The van der Waals surface area contributed by atoms with Crippen LogP contribution in [0.25, 0.3) is 0 Å². The van der Waals surface area contributed by atoms with E-state index in [1.165, 1.54) is 0 Å². The standard InChI is InChI=1S/C22H22N6O3/c29-22(14-16-1-2-18-19(13-16)31-15-30-18)28-11-9-27(10-12-28)21-4-3-20(25-26-21)24-17-5-7-23-8-6-17/h1-8,13H,9-12,14-15H2,(H,23,24,25). The average molecular weight is 418 g/mol. The first-order valence-corrected chi connectivity index (χ1v) is 10.2. The van der Waals surface area contributed by atoms with Crippen molar-refractivity contribution in [2.24, 2.45) is 0 Å². The van der Waals surface area contributed by atoms with Crippen LogP contribution in [0.2, 0.25) is 0 Å². The van der Waals surface area contributed by atoms with Crippen LogP contribution in [0.5, 0.6) is 11.5 Å². The van der Waals surface area contributed by atoms with Gasteiger partial charge in [0.2, 0.25) is 12.7 Å². The number of fused-ring (bicyclic) bond motifs is 1. The van der Waals surface area contributed by atoms with Crippen molar-refractivity contribution in [2.75, 3.05) is 43.2 Å². The number of carbonyl (C=O) groups is 1. The molecule has 1 aromatic carbocycles. The molecule has 9 heteroatoms. The smallest absolute Gasteiger partial charge is 0.231 e. The number of aromatic nitrogens is 3. The zero-order chi connectivity index (χ0) is 21.0. The summed E-state index contributed by atoms with van der Waals surface area (Å²) in [6.45, 7) is 2.99. The second-order valence-corrected chi connectivity index (χ2v) is 7.37.